The van der Waals surface area contributed by atoms with Gasteiger partial charge in [-0.25, -0.2) is 0 Å². The largest absolute Gasteiger partial charge is 0.497 e. The number of ether oxygens (including phenoxy) is 1. The number of oxime groups is 2. The van der Waals surface area contributed by atoms with Crippen LogP contribution >= 0.6 is 23.5 Å². The van der Waals surface area contributed by atoms with Crippen molar-refractivity contribution in [3.05, 3.63) is 65.2 Å². The number of halogens is 6. The lowest BCUT2D eigenvalue weighted by Gasteiger charge is -2.21. The van der Waals surface area contributed by atoms with Crippen LogP contribution in [0, 0.1) is 0 Å². The Morgan fingerprint density at radius 2 is 1.16 bits per heavy atom. The lowest BCUT2D eigenvalue weighted by molar-refractivity contribution is -0.0606. The Morgan fingerprint density at radius 3 is 1.47 bits per heavy atom. The molecule has 3 unspecified atom stereocenters. The highest BCUT2D eigenvalue weighted by Crippen LogP contribution is 2.37. The molecule has 0 aliphatic rings. The van der Waals surface area contributed by atoms with E-state index in [9.17, 15) is 43.2 Å². The molecule has 0 aliphatic heterocycles. The fourth-order valence-electron chi connectivity index (χ4n) is 3.14. The summed E-state index contributed by atoms with van der Waals surface area (Å²) in [6.07, 6.45) is -10.1. The zero-order chi connectivity index (χ0) is 34.2. The Kier molecular flexibility index (Phi) is 13.5. The molecular formula is C25H28F6N2O8S4. The molecule has 0 bridgehead atoms. The first kappa shape index (κ1) is 38.5. The molecular weight excluding hydrogens is 699 g/mol. The van der Waals surface area contributed by atoms with Gasteiger partial charge in [0.25, 0.3) is 0 Å². The van der Waals surface area contributed by atoms with Crippen LogP contribution in [-0.2, 0) is 35.4 Å². The molecule has 2 rings (SSSR count). The van der Waals surface area contributed by atoms with E-state index in [4.69, 9.17) is 9.84 Å². The van der Waals surface area contributed by atoms with Crippen LogP contribution in [0.3, 0.4) is 0 Å². The van der Waals surface area contributed by atoms with E-state index in [-0.39, 0.29) is 12.2 Å². The summed E-state index contributed by atoms with van der Waals surface area (Å²) in [5.74, 6) is 0.240. The molecule has 0 saturated heterocycles. The van der Waals surface area contributed by atoms with Gasteiger partial charge < -0.3 is 9.84 Å². The third-order valence-corrected chi connectivity index (χ3v) is 12.6. The van der Waals surface area contributed by atoms with Crippen molar-refractivity contribution in [3.8, 4) is 5.75 Å². The summed E-state index contributed by atoms with van der Waals surface area (Å²) >= 11 is 1.22. The second-order valence-electron chi connectivity index (χ2n) is 8.84. The topological polar surface area (TPSA) is 141 Å². The molecule has 10 nitrogen and oxygen atoms in total. The first-order valence-corrected chi connectivity index (χ1v) is 17.4. The van der Waals surface area contributed by atoms with E-state index in [0.29, 0.717) is 29.1 Å². The minimum atomic E-state index is -5.11. The molecule has 0 spiro atoms. The Morgan fingerprint density at radius 1 is 0.778 bits per heavy atom. The minimum Gasteiger partial charge on any atom is -0.497 e. The number of thioether (sulfide) groups is 2. The SMILES string of the molecule is CCC(SC(C)S(=O)(=O)ON=C(c1ccc(CO)cc1)C(F)(F)F)SC(C)S(=O)(=O)ON=C(c1ccc(OC)cc1)C(F)(F)F. The molecule has 0 amide bonds. The highest BCUT2D eigenvalue weighted by atomic mass is 32.3. The fourth-order valence-corrected chi connectivity index (χ4v) is 8.76. The van der Waals surface area contributed by atoms with Crippen LogP contribution in [0.1, 0.15) is 43.9 Å². The maximum atomic E-state index is 13.6. The molecule has 0 heterocycles. The molecule has 0 aromatic heterocycles. The van der Waals surface area contributed by atoms with E-state index in [1.807, 2.05) is 0 Å². The summed E-state index contributed by atoms with van der Waals surface area (Å²) in [4.78, 5) is 0. The second kappa shape index (κ2) is 15.7. The molecule has 0 fully saturated rings. The maximum Gasteiger partial charge on any atom is 0.437 e. The summed E-state index contributed by atoms with van der Waals surface area (Å²) < 4.78 is 142. The van der Waals surface area contributed by atoms with Gasteiger partial charge >= 0.3 is 32.6 Å². The van der Waals surface area contributed by atoms with Crippen molar-refractivity contribution < 1.29 is 61.6 Å². The number of hydrogen-bond donors (Lipinski definition) is 1. The molecule has 20 heteroatoms. The third kappa shape index (κ3) is 11.3. The zero-order valence-corrected chi connectivity index (χ0v) is 27.1. The predicted molar refractivity (Wildman–Crippen MR) is 159 cm³/mol. The van der Waals surface area contributed by atoms with Gasteiger partial charge in [-0.05, 0) is 50.1 Å². The number of methoxy groups -OCH3 is 1. The van der Waals surface area contributed by atoms with Crippen molar-refractivity contribution in [2.75, 3.05) is 7.11 Å². The first-order valence-electron chi connectivity index (χ1n) is 12.6. The van der Waals surface area contributed by atoms with E-state index in [1.165, 1.54) is 31.4 Å². The lowest BCUT2D eigenvalue weighted by Crippen LogP contribution is -2.27. The Balaban J connectivity index is 2.17. The molecule has 0 aliphatic carbocycles. The number of aliphatic hydroxyl groups is 1. The van der Waals surface area contributed by atoms with Crippen molar-refractivity contribution in [3.63, 3.8) is 0 Å². The molecule has 1 N–H and O–H groups in total. The molecule has 2 aromatic rings. The Labute approximate surface area is 264 Å². The lowest BCUT2D eigenvalue weighted by atomic mass is 10.1. The maximum absolute atomic E-state index is 13.6. The number of rotatable bonds is 15. The fraction of sp³-hybridized carbons (Fsp3) is 0.440. The van der Waals surface area contributed by atoms with E-state index in [0.717, 1.165) is 38.1 Å². The number of hydrogen-bond acceptors (Lipinski definition) is 12. The standard InChI is InChI=1S/C25H28F6N2O8S4/c1-5-21(42-15(2)44(35,36)40-32-22(24(26,27)28)18-8-6-17(14-34)7-9-18)43-16(3)45(37,38)41-33-23(25(29,30)31)19-10-12-20(39-4)13-11-19/h6-13,15-16,21,34H,5,14H2,1-4H3. The number of aliphatic hydroxyl groups excluding tert-OH is 1. The van der Waals surface area contributed by atoms with E-state index >= 15 is 0 Å². The van der Waals surface area contributed by atoms with Gasteiger partial charge in [0.15, 0.2) is 11.4 Å². The van der Waals surface area contributed by atoms with Gasteiger partial charge in [-0.3, -0.25) is 8.57 Å². The van der Waals surface area contributed by atoms with Crippen molar-refractivity contribution in [1.29, 1.82) is 0 Å². The molecule has 252 valence electrons. The highest BCUT2D eigenvalue weighted by molar-refractivity contribution is 8.24. The minimum absolute atomic E-state index is 0.117. The third-order valence-electron chi connectivity index (χ3n) is 5.61. The van der Waals surface area contributed by atoms with Gasteiger partial charge in [-0.2, -0.15) is 43.2 Å². The summed E-state index contributed by atoms with van der Waals surface area (Å²) in [5.41, 5.74) is -4.02. The monoisotopic (exact) mass is 726 g/mol. The van der Waals surface area contributed by atoms with Crippen molar-refractivity contribution in [2.24, 2.45) is 10.3 Å². The van der Waals surface area contributed by atoms with E-state index in [2.05, 4.69) is 18.9 Å². The summed E-state index contributed by atoms with van der Waals surface area (Å²) in [5, 5.41) is 14.8. The Hall–Kier alpha value is -2.68. The van der Waals surface area contributed by atoms with Gasteiger partial charge in [-0.15, -0.1) is 23.5 Å². The summed E-state index contributed by atoms with van der Waals surface area (Å²) in [7, 11) is -8.30. The van der Waals surface area contributed by atoms with Crippen LogP contribution in [0.4, 0.5) is 26.3 Å². The van der Waals surface area contributed by atoms with Crippen LogP contribution in [0.5, 0.6) is 5.75 Å². The summed E-state index contributed by atoms with van der Waals surface area (Å²) in [6, 6.07) is 8.71. The molecule has 45 heavy (non-hydrogen) atoms. The van der Waals surface area contributed by atoms with Gasteiger partial charge in [0.1, 0.15) is 14.9 Å². The zero-order valence-electron chi connectivity index (χ0n) is 23.9. The number of nitrogens with zero attached hydrogens (tertiary/aromatic N) is 2. The van der Waals surface area contributed by atoms with E-state index in [1.54, 1.807) is 6.92 Å². The average molecular weight is 727 g/mol. The van der Waals surface area contributed by atoms with Crippen LogP contribution in [-0.4, -0.2) is 66.6 Å². The van der Waals surface area contributed by atoms with Crippen molar-refractivity contribution in [2.45, 2.75) is 59.9 Å². The smallest absolute Gasteiger partial charge is 0.437 e. The van der Waals surface area contributed by atoms with Crippen LogP contribution in [0.2, 0.25) is 0 Å². The second-order valence-corrected chi connectivity index (χ2v) is 16.5. The number of alkyl halides is 6. The molecule has 3 atom stereocenters. The molecule has 0 saturated carbocycles. The van der Waals surface area contributed by atoms with Gasteiger partial charge in [0.2, 0.25) is 0 Å². The number of benzene rings is 2. The Bertz CT molecular complexity index is 1430. The molecule has 2 aromatic carbocycles. The van der Waals surface area contributed by atoms with Gasteiger partial charge in [0, 0.05) is 11.1 Å². The quantitative estimate of drug-likeness (QED) is 0.100. The highest BCUT2D eigenvalue weighted by Gasteiger charge is 2.40. The van der Waals surface area contributed by atoms with Crippen LogP contribution in [0.15, 0.2) is 58.8 Å². The first-order chi connectivity index (χ1) is 20.7. The van der Waals surface area contributed by atoms with Crippen molar-refractivity contribution >= 4 is 55.2 Å². The van der Waals surface area contributed by atoms with Gasteiger partial charge in [0.05, 0.1) is 18.3 Å². The molecule has 0 radical (unpaired) electrons. The van der Waals surface area contributed by atoms with Gasteiger partial charge in [-0.1, -0.05) is 41.5 Å². The summed E-state index contributed by atoms with van der Waals surface area (Å²) in [6.45, 7) is 3.26. The normalized spacial score (nSPS) is 15.7. The van der Waals surface area contributed by atoms with Crippen molar-refractivity contribution in [1.82, 2.24) is 0 Å². The van der Waals surface area contributed by atoms with Crippen LogP contribution in [0.25, 0.3) is 0 Å². The van der Waals surface area contributed by atoms with Crippen LogP contribution < -0.4 is 4.74 Å². The average Bonchev–Trinajstić information content (AvgIpc) is 2.95. The predicted octanol–water partition coefficient (Wildman–Crippen LogP) is 6.01. The van der Waals surface area contributed by atoms with E-state index < -0.39 is 75.5 Å².